The van der Waals surface area contributed by atoms with Crippen LogP contribution in [0.3, 0.4) is 0 Å². The summed E-state index contributed by atoms with van der Waals surface area (Å²) in [6, 6.07) is 0.180. The number of esters is 1. The molecule has 2 fully saturated rings. The number of nitrogens with zero attached hydrogens (tertiary/aromatic N) is 2. The summed E-state index contributed by atoms with van der Waals surface area (Å²) in [4.78, 5) is 64.7. The van der Waals surface area contributed by atoms with Gasteiger partial charge in [0, 0.05) is 25.6 Å². The molecule has 0 spiro atoms. The Morgan fingerprint density at radius 1 is 1.21 bits per heavy atom. The van der Waals surface area contributed by atoms with Crippen LogP contribution in [0.1, 0.15) is 55.8 Å². The zero-order valence-corrected chi connectivity index (χ0v) is 16.4. The molecule has 2 aliphatic rings. The number of ketones is 1. The SMILES string of the molecule is CCCn1c(N)c(C(=O)COC(=O)[C@H]2CC(=O)N(C3CCCC3)C2)c(=O)[nH]c1=O. The minimum absolute atomic E-state index is 0.0631. The average Bonchev–Trinajstić information content (AvgIpc) is 3.32. The number of aromatic nitrogens is 2. The van der Waals surface area contributed by atoms with Gasteiger partial charge in [-0.2, -0.15) is 0 Å². The van der Waals surface area contributed by atoms with Gasteiger partial charge in [0.1, 0.15) is 11.4 Å². The summed E-state index contributed by atoms with van der Waals surface area (Å²) in [6.45, 7) is 1.67. The highest BCUT2D eigenvalue weighted by molar-refractivity contribution is 6.01. The van der Waals surface area contributed by atoms with Gasteiger partial charge in [0.25, 0.3) is 5.56 Å². The van der Waals surface area contributed by atoms with Crippen LogP contribution in [0.2, 0.25) is 0 Å². The fraction of sp³-hybridized carbons (Fsp3) is 0.632. The number of nitrogens with one attached hydrogen (secondary N) is 1. The number of nitrogens with two attached hydrogens (primary N) is 1. The maximum atomic E-state index is 12.4. The molecule has 1 aliphatic carbocycles. The number of ether oxygens (including phenoxy) is 1. The molecule has 1 saturated heterocycles. The monoisotopic (exact) mass is 406 g/mol. The zero-order chi connectivity index (χ0) is 21.1. The normalized spacial score (nSPS) is 19.7. The first-order valence-corrected chi connectivity index (χ1v) is 9.95. The molecule has 0 radical (unpaired) electrons. The lowest BCUT2D eigenvalue weighted by molar-refractivity contribution is -0.147. The van der Waals surface area contributed by atoms with Crippen LogP contribution in [-0.4, -0.2) is 51.3 Å². The van der Waals surface area contributed by atoms with Crippen LogP contribution >= 0.6 is 0 Å². The largest absolute Gasteiger partial charge is 0.457 e. The number of hydrogen-bond donors (Lipinski definition) is 2. The van der Waals surface area contributed by atoms with E-state index in [0.717, 1.165) is 30.3 Å². The predicted molar refractivity (Wildman–Crippen MR) is 103 cm³/mol. The first-order chi connectivity index (χ1) is 13.8. The van der Waals surface area contributed by atoms with Gasteiger partial charge in [-0.3, -0.25) is 28.7 Å². The van der Waals surface area contributed by atoms with E-state index in [1.165, 1.54) is 0 Å². The molecule has 0 aromatic carbocycles. The summed E-state index contributed by atoms with van der Waals surface area (Å²) in [7, 11) is 0. The van der Waals surface area contributed by atoms with Crippen molar-refractivity contribution < 1.29 is 19.1 Å². The fourth-order valence-corrected chi connectivity index (χ4v) is 4.09. The maximum absolute atomic E-state index is 12.4. The topological polar surface area (TPSA) is 145 Å². The van der Waals surface area contributed by atoms with E-state index in [-0.39, 0.29) is 30.7 Å². The molecular formula is C19H26N4O6. The number of amides is 1. The maximum Gasteiger partial charge on any atom is 0.329 e. The Morgan fingerprint density at radius 3 is 2.55 bits per heavy atom. The highest BCUT2D eigenvalue weighted by Crippen LogP contribution is 2.29. The molecule has 158 valence electrons. The third kappa shape index (κ3) is 4.25. The van der Waals surface area contributed by atoms with E-state index in [2.05, 4.69) is 4.98 Å². The fourth-order valence-electron chi connectivity index (χ4n) is 4.09. The van der Waals surface area contributed by atoms with E-state index in [0.29, 0.717) is 13.0 Å². The van der Waals surface area contributed by atoms with Gasteiger partial charge in [0.15, 0.2) is 6.61 Å². The van der Waals surface area contributed by atoms with E-state index >= 15 is 0 Å². The second-order valence-electron chi connectivity index (χ2n) is 7.59. The lowest BCUT2D eigenvalue weighted by Crippen LogP contribution is -2.37. The molecule has 1 aromatic heterocycles. The number of aromatic amines is 1. The molecule has 29 heavy (non-hydrogen) atoms. The Balaban J connectivity index is 1.64. The molecule has 1 saturated carbocycles. The van der Waals surface area contributed by atoms with Crippen LogP contribution in [-0.2, 0) is 20.9 Å². The Kier molecular flexibility index (Phi) is 6.19. The van der Waals surface area contributed by atoms with Crippen molar-refractivity contribution in [3.8, 4) is 0 Å². The summed E-state index contributed by atoms with van der Waals surface area (Å²) in [5.41, 5.74) is 3.83. The number of hydrogen-bond acceptors (Lipinski definition) is 7. The number of carbonyl (C=O) groups is 3. The smallest absolute Gasteiger partial charge is 0.329 e. The lowest BCUT2D eigenvalue weighted by Gasteiger charge is -2.23. The number of rotatable bonds is 7. The van der Waals surface area contributed by atoms with Crippen molar-refractivity contribution in [3.63, 3.8) is 0 Å². The highest BCUT2D eigenvalue weighted by Gasteiger charge is 2.39. The number of nitrogen functional groups attached to an aromatic ring is 1. The van der Waals surface area contributed by atoms with Crippen LogP contribution in [0.5, 0.6) is 0 Å². The van der Waals surface area contributed by atoms with Crippen LogP contribution in [0.25, 0.3) is 0 Å². The molecule has 10 heteroatoms. The molecular weight excluding hydrogens is 380 g/mol. The number of carbonyl (C=O) groups excluding carboxylic acids is 3. The quantitative estimate of drug-likeness (QED) is 0.480. The molecule has 0 unspecified atom stereocenters. The van der Waals surface area contributed by atoms with Gasteiger partial charge in [-0.1, -0.05) is 19.8 Å². The molecule has 2 heterocycles. The van der Waals surface area contributed by atoms with Crippen molar-refractivity contribution in [3.05, 3.63) is 26.4 Å². The molecule has 1 aromatic rings. The number of likely N-dealkylation sites (tertiary alicyclic amines) is 1. The number of Topliss-reactive ketones (excluding diaryl/α,β-unsaturated/α-hetero) is 1. The van der Waals surface area contributed by atoms with Gasteiger partial charge in [-0.05, 0) is 19.3 Å². The molecule has 3 N–H and O–H groups in total. The van der Waals surface area contributed by atoms with Crippen molar-refractivity contribution >= 4 is 23.5 Å². The summed E-state index contributed by atoms with van der Waals surface area (Å²) in [5, 5.41) is 0. The minimum atomic E-state index is -0.913. The predicted octanol–water partition coefficient (Wildman–Crippen LogP) is 0.0458. The Morgan fingerprint density at radius 2 is 1.90 bits per heavy atom. The summed E-state index contributed by atoms with van der Waals surface area (Å²) < 4.78 is 6.18. The number of H-pyrrole nitrogens is 1. The van der Waals surface area contributed by atoms with E-state index < -0.39 is 41.1 Å². The minimum Gasteiger partial charge on any atom is -0.457 e. The van der Waals surface area contributed by atoms with Gasteiger partial charge >= 0.3 is 11.7 Å². The second kappa shape index (κ2) is 8.62. The number of anilines is 1. The summed E-state index contributed by atoms with van der Waals surface area (Å²) in [6.07, 6.45) is 4.69. The van der Waals surface area contributed by atoms with Crippen molar-refractivity contribution in [1.29, 1.82) is 0 Å². The van der Waals surface area contributed by atoms with Crippen molar-refractivity contribution in [2.75, 3.05) is 18.9 Å². The zero-order valence-electron chi connectivity index (χ0n) is 16.4. The van der Waals surface area contributed by atoms with Crippen LogP contribution in [0.15, 0.2) is 9.59 Å². The van der Waals surface area contributed by atoms with E-state index in [1.807, 2.05) is 6.92 Å². The first-order valence-electron chi connectivity index (χ1n) is 9.95. The van der Waals surface area contributed by atoms with Crippen molar-refractivity contribution in [2.24, 2.45) is 5.92 Å². The average molecular weight is 406 g/mol. The van der Waals surface area contributed by atoms with Gasteiger partial charge in [0.2, 0.25) is 11.7 Å². The van der Waals surface area contributed by atoms with Crippen molar-refractivity contribution in [2.45, 2.75) is 58.0 Å². The van der Waals surface area contributed by atoms with E-state index in [4.69, 9.17) is 10.5 Å². The second-order valence-corrected chi connectivity index (χ2v) is 7.59. The Labute approximate surface area is 167 Å². The van der Waals surface area contributed by atoms with Gasteiger partial charge in [-0.25, -0.2) is 4.79 Å². The van der Waals surface area contributed by atoms with E-state index in [9.17, 15) is 24.0 Å². The molecule has 1 atom stereocenters. The van der Waals surface area contributed by atoms with Crippen LogP contribution in [0.4, 0.5) is 5.82 Å². The third-order valence-electron chi connectivity index (χ3n) is 5.57. The van der Waals surface area contributed by atoms with Crippen molar-refractivity contribution in [1.82, 2.24) is 14.5 Å². The Bertz CT molecular complexity index is 928. The molecule has 1 amide bonds. The molecule has 3 rings (SSSR count). The summed E-state index contributed by atoms with van der Waals surface area (Å²) in [5.74, 6) is -2.38. The highest BCUT2D eigenvalue weighted by atomic mass is 16.5. The lowest BCUT2D eigenvalue weighted by atomic mass is 10.1. The molecule has 0 bridgehead atoms. The Hall–Kier alpha value is -2.91. The molecule has 10 nitrogen and oxygen atoms in total. The van der Waals surface area contributed by atoms with Gasteiger partial charge in [-0.15, -0.1) is 0 Å². The first kappa shape index (κ1) is 20.8. The molecule has 1 aliphatic heterocycles. The third-order valence-corrected chi connectivity index (χ3v) is 5.57. The van der Waals surface area contributed by atoms with Crippen LogP contribution < -0.4 is 17.0 Å². The standard InChI is InChI=1S/C19H26N4O6/c1-2-7-22-16(20)15(17(26)21-19(22)28)13(24)10-29-18(27)11-8-14(25)23(9-11)12-5-3-4-6-12/h11-12H,2-10,20H2,1H3,(H,21,26,28)/t11-/m0/s1. The van der Waals surface area contributed by atoms with Gasteiger partial charge < -0.3 is 15.4 Å². The van der Waals surface area contributed by atoms with E-state index in [1.54, 1.807) is 4.90 Å². The van der Waals surface area contributed by atoms with Crippen LogP contribution in [0, 0.1) is 5.92 Å². The van der Waals surface area contributed by atoms with Gasteiger partial charge in [0.05, 0.1) is 5.92 Å². The summed E-state index contributed by atoms with van der Waals surface area (Å²) >= 11 is 0.